The molecule has 3 heterocycles. The molecule has 2 aliphatic heterocycles. The van der Waals surface area contributed by atoms with Gasteiger partial charge in [0.05, 0.1) is 6.04 Å². The lowest BCUT2D eigenvalue weighted by atomic mass is 9.95. The van der Waals surface area contributed by atoms with Gasteiger partial charge in [-0.05, 0) is 30.9 Å². The number of nitrogen functional groups attached to an aromatic ring is 1. The van der Waals surface area contributed by atoms with Crippen molar-refractivity contribution in [3.05, 3.63) is 22.9 Å². The molecule has 2 aliphatic rings. The van der Waals surface area contributed by atoms with Crippen molar-refractivity contribution in [2.75, 3.05) is 5.73 Å². The van der Waals surface area contributed by atoms with Gasteiger partial charge in [-0.25, -0.2) is 0 Å². The van der Waals surface area contributed by atoms with Crippen LogP contribution < -0.4 is 5.73 Å². The minimum absolute atomic E-state index is 0.140. The third kappa shape index (κ3) is 2.08. The molecule has 1 aromatic heterocycles. The lowest BCUT2D eigenvalue weighted by Crippen LogP contribution is -2.41. The van der Waals surface area contributed by atoms with E-state index in [0.29, 0.717) is 11.0 Å². The molecule has 5 nitrogen and oxygen atoms in total. The van der Waals surface area contributed by atoms with Crippen LogP contribution in [0.4, 0.5) is 5.82 Å². The number of rotatable bonds is 1. The fourth-order valence-electron chi connectivity index (χ4n) is 3.16. The molecule has 0 radical (unpaired) electrons. The number of halogens is 1. The van der Waals surface area contributed by atoms with E-state index < -0.39 is 0 Å². The van der Waals surface area contributed by atoms with Gasteiger partial charge in [-0.2, -0.15) is 0 Å². The molecule has 1 fully saturated rings. The Labute approximate surface area is 116 Å². The molecule has 1 aromatic rings. The Bertz CT molecular complexity index is 572. The number of carbonyl (C=O) groups is 1. The van der Waals surface area contributed by atoms with Crippen LogP contribution in [0.5, 0.6) is 0 Å². The Morgan fingerprint density at radius 1 is 1.47 bits per heavy atom. The van der Waals surface area contributed by atoms with Gasteiger partial charge < -0.3 is 10.6 Å². The van der Waals surface area contributed by atoms with Crippen LogP contribution in [0, 0.1) is 0 Å². The number of anilines is 1. The first-order valence-electron chi connectivity index (χ1n) is 6.35. The SMILES string of the molecule is CC(=O)N1C2C=C(c3cc(Cl)nnc3N)CC1CC2. The van der Waals surface area contributed by atoms with Crippen molar-refractivity contribution in [2.45, 2.75) is 38.3 Å². The van der Waals surface area contributed by atoms with E-state index in [9.17, 15) is 4.79 Å². The lowest BCUT2D eigenvalue weighted by Gasteiger charge is -2.33. The van der Waals surface area contributed by atoms with Crippen LogP contribution in [-0.4, -0.2) is 33.1 Å². The Morgan fingerprint density at radius 2 is 2.26 bits per heavy atom. The van der Waals surface area contributed by atoms with Crippen LogP contribution in [0.2, 0.25) is 5.15 Å². The number of carbonyl (C=O) groups excluding carboxylic acids is 1. The number of hydrogen-bond donors (Lipinski definition) is 1. The van der Waals surface area contributed by atoms with Gasteiger partial charge >= 0.3 is 0 Å². The second kappa shape index (κ2) is 4.49. The molecule has 2 atom stereocenters. The van der Waals surface area contributed by atoms with E-state index in [4.69, 9.17) is 17.3 Å². The van der Waals surface area contributed by atoms with Gasteiger partial charge in [0.1, 0.15) is 0 Å². The summed E-state index contributed by atoms with van der Waals surface area (Å²) < 4.78 is 0. The average molecular weight is 279 g/mol. The fourth-order valence-corrected chi connectivity index (χ4v) is 3.30. The van der Waals surface area contributed by atoms with Gasteiger partial charge in [-0.3, -0.25) is 4.79 Å². The molecule has 2 N–H and O–H groups in total. The molecule has 2 unspecified atom stereocenters. The van der Waals surface area contributed by atoms with Crippen molar-refractivity contribution in [1.82, 2.24) is 15.1 Å². The summed E-state index contributed by atoms with van der Waals surface area (Å²) in [6, 6.07) is 2.20. The second-order valence-electron chi connectivity index (χ2n) is 5.09. The van der Waals surface area contributed by atoms with Crippen molar-refractivity contribution in [2.24, 2.45) is 0 Å². The third-order valence-electron chi connectivity index (χ3n) is 3.90. The molecule has 0 spiro atoms. The molecule has 6 heteroatoms. The van der Waals surface area contributed by atoms with Gasteiger partial charge in [0.15, 0.2) is 11.0 Å². The van der Waals surface area contributed by atoms with E-state index in [0.717, 1.165) is 30.4 Å². The number of aromatic nitrogens is 2. The molecule has 2 bridgehead atoms. The van der Waals surface area contributed by atoms with Gasteiger partial charge in [-0.1, -0.05) is 17.7 Å². The first-order chi connectivity index (χ1) is 9.06. The summed E-state index contributed by atoms with van der Waals surface area (Å²) in [7, 11) is 0. The average Bonchev–Trinajstić information content (AvgIpc) is 2.64. The van der Waals surface area contributed by atoms with Crippen LogP contribution in [-0.2, 0) is 4.79 Å². The Kier molecular flexibility index (Phi) is 2.93. The quantitative estimate of drug-likeness (QED) is 0.851. The largest absolute Gasteiger partial charge is 0.382 e. The molecule has 19 heavy (non-hydrogen) atoms. The van der Waals surface area contributed by atoms with Crippen molar-refractivity contribution in [3.63, 3.8) is 0 Å². The lowest BCUT2D eigenvalue weighted by molar-refractivity contribution is -0.130. The highest BCUT2D eigenvalue weighted by atomic mass is 35.5. The molecule has 0 saturated carbocycles. The van der Waals surface area contributed by atoms with Crippen LogP contribution >= 0.6 is 11.6 Å². The monoisotopic (exact) mass is 278 g/mol. The number of amides is 1. The normalized spacial score (nSPS) is 25.4. The van der Waals surface area contributed by atoms with E-state index in [1.54, 1.807) is 13.0 Å². The molecular formula is C13H15ClN4O. The first kappa shape index (κ1) is 12.4. The van der Waals surface area contributed by atoms with E-state index in [-0.39, 0.29) is 18.0 Å². The maximum absolute atomic E-state index is 11.7. The van der Waals surface area contributed by atoms with Crippen molar-refractivity contribution in [3.8, 4) is 0 Å². The summed E-state index contributed by atoms with van der Waals surface area (Å²) >= 11 is 5.88. The minimum atomic E-state index is 0.140. The summed E-state index contributed by atoms with van der Waals surface area (Å²) in [5.74, 6) is 0.535. The van der Waals surface area contributed by atoms with Crippen LogP contribution in [0.1, 0.15) is 31.7 Å². The third-order valence-corrected chi connectivity index (χ3v) is 4.08. The topological polar surface area (TPSA) is 72.1 Å². The van der Waals surface area contributed by atoms with Gasteiger partial charge in [0.2, 0.25) is 5.91 Å². The minimum Gasteiger partial charge on any atom is -0.382 e. The zero-order valence-electron chi connectivity index (χ0n) is 10.6. The Balaban J connectivity index is 1.98. The molecule has 1 amide bonds. The number of nitrogens with two attached hydrogens (primary N) is 1. The fraction of sp³-hybridized carbons (Fsp3) is 0.462. The Morgan fingerprint density at radius 3 is 2.95 bits per heavy atom. The maximum Gasteiger partial charge on any atom is 0.220 e. The smallest absolute Gasteiger partial charge is 0.220 e. The molecule has 1 saturated heterocycles. The van der Waals surface area contributed by atoms with E-state index in [2.05, 4.69) is 16.3 Å². The predicted molar refractivity (Wildman–Crippen MR) is 73.4 cm³/mol. The van der Waals surface area contributed by atoms with Gasteiger partial charge in [-0.15, -0.1) is 10.2 Å². The number of nitrogens with zero attached hydrogens (tertiary/aromatic N) is 3. The van der Waals surface area contributed by atoms with Crippen LogP contribution in [0.15, 0.2) is 12.1 Å². The summed E-state index contributed by atoms with van der Waals surface area (Å²) in [6.45, 7) is 1.63. The van der Waals surface area contributed by atoms with Crippen molar-refractivity contribution in [1.29, 1.82) is 0 Å². The molecule has 100 valence electrons. The molecule has 0 aromatic carbocycles. The molecule has 0 aliphatic carbocycles. The highest BCUT2D eigenvalue weighted by Gasteiger charge is 2.38. The van der Waals surface area contributed by atoms with Crippen molar-refractivity contribution >= 4 is 28.9 Å². The summed E-state index contributed by atoms with van der Waals surface area (Å²) in [5, 5.41) is 7.92. The molecule has 3 rings (SSSR count). The number of hydrogen-bond acceptors (Lipinski definition) is 4. The highest BCUT2D eigenvalue weighted by molar-refractivity contribution is 6.29. The predicted octanol–water partition coefficient (Wildman–Crippen LogP) is 1.88. The summed E-state index contributed by atoms with van der Waals surface area (Å²) in [4.78, 5) is 13.6. The van der Waals surface area contributed by atoms with Crippen LogP contribution in [0.25, 0.3) is 5.57 Å². The second-order valence-corrected chi connectivity index (χ2v) is 5.47. The van der Waals surface area contributed by atoms with Gasteiger partial charge in [0, 0.05) is 18.5 Å². The first-order valence-corrected chi connectivity index (χ1v) is 6.72. The number of fused-ring (bicyclic) bond motifs is 2. The van der Waals surface area contributed by atoms with E-state index in [1.807, 2.05) is 4.90 Å². The summed E-state index contributed by atoms with van der Waals surface area (Å²) in [5.41, 5.74) is 7.84. The standard InChI is InChI=1S/C13H15ClN4O/c1-7(19)18-9-2-3-10(18)5-8(4-9)11-6-12(14)16-17-13(11)15/h4,6,9-10H,2-3,5H2,1H3,(H2,15,17). The summed E-state index contributed by atoms with van der Waals surface area (Å²) in [6.07, 6.45) is 4.98. The zero-order valence-corrected chi connectivity index (χ0v) is 11.4. The van der Waals surface area contributed by atoms with E-state index >= 15 is 0 Å². The maximum atomic E-state index is 11.7. The molecular weight excluding hydrogens is 264 g/mol. The Hall–Kier alpha value is -1.62. The van der Waals surface area contributed by atoms with Crippen LogP contribution in [0.3, 0.4) is 0 Å². The van der Waals surface area contributed by atoms with E-state index in [1.165, 1.54) is 0 Å². The zero-order chi connectivity index (χ0) is 13.6. The van der Waals surface area contributed by atoms with Crippen molar-refractivity contribution < 1.29 is 4.79 Å². The van der Waals surface area contributed by atoms with Gasteiger partial charge in [0.25, 0.3) is 0 Å². The highest BCUT2D eigenvalue weighted by Crippen LogP contribution is 2.39.